The Bertz CT molecular complexity index is 854. The van der Waals surface area contributed by atoms with Gasteiger partial charge in [0.25, 0.3) is 0 Å². The maximum Gasteiger partial charge on any atom is 0.230 e. The van der Waals surface area contributed by atoms with Gasteiger partial charge in [-0.25, -0.2) is 0 Å². The monoisotopic (exact) mass is 370 g/mol. The number of aryl methyl sites for hydroxylation is 1. The SMILES string of the molecule is Cc1ccc(-n2c(SCC(=O)NCC(C)C)nnc2-c2ccco2)cc1. The molecule has 26 heavy (non-hydrogen) atoms. The Balaban J connectivity index is 1.86. The largest absolute Gasteiger partial charge is 0.461 e. The fraction of sp³-hybridized carbons (Fsp3) is 0.316. The van der Waals surface area contributed by atoms with E-state index in [0.29, 0.717) is 29.2 Å². The quantitative estimate of drug-likeness (QED) is 0.642. The van der Waals surface area contributed by atoms with Crippen molar-refractivity contribution in [2.75, 3.05) is 12.3 Å². The Kier molecular flexibility index (Phi) is 5.78. The summed E-state index contributed by atoms with van der Waals surface area (Å²) >= 11 is 1.36. The number of hydrogen-bond acceptors (Lipinski definition) is 5. The molecule has 0 atom stereocenters. The fourth-order valence-corrected chi connectivity index (χ4v) is 3.14. The predicted molar refractivity (Wildman–Crippen MR) is 102 cm³/mol. The molecule has 0 unspecified atom stereocenters. The Morgan fingerprint density at radius 2 is 2.00 bits per heavy atom. The average molecular weight is 370 g/mol. The van der Waals surface area contributed by atoms with Crippen LogP contribution in [0, 0.1) is 12.8 Å². The van der Waals surface area contributed by atoms with Gasteiger partial charge >= 0.3 is 0 Å². The fourth-order valence-electron chi connectivity index (χ4n) is 2.35. The van der Waals surface area contributed by atoms with Crippen molar-refractivity contribution in [3.63, 3.8) is 0 Å². The minimum absolute atomic E-state index is 0.0123. The summed E-state index contributed by atoms with van der Waals surface area (Å²) in [7, 11) is 0. The van der Waals surface area contributed by atoms with E-state index in [1.54, 1.807) is 6.26 Å². The molecule has 2 heterocycles. The van der Waals surface area contributed by atoms with Crippen molar-refractivity contribution < 1.29 is 9.21 Å². The lowest BCUT2D eigenvalue weighted by atomic mass is 10.2. The normalized spacial score (nSPS) is 11.1. The van der Waals surface area contributed by atoms with Crippen LogP contribution in [0.3, 0.4) is 0 Å². The van der Waals surface area contributed by atoms with Gasteiger partial charge in [-0.3, -0.25) is 9.36 Å². The van der Waals surface area contributed by atoms with E-state index < -0.39 is 0 Å². The number of rotatable bonds is 7. The number of hydrogen-bond donors (Lipinski definition) is 1. The van der Waals surface area contributed by atoms with E-state index in [1.165, 1.54) is 17.3 Å². The maximum absolute atomic E-state index is 12.0. The van der Waals surface area contributed by atoms with E-state index in [2.05, 4.69) is 29.4 Å². The molecule has 0 bridgehead atoms. The number of carbonyl (C=O) groups excluding carboxylic acids is 1. The lowest BCUT2D eigenvalue weighted by Gasteiger charge is -2.10. The lowest BCUT2D eigenvalue weighted by Crippen LogP contribution is -2.28. The second-order valence-electron chi connectivity index (χ2n) is 6.44. The van der Waals surface area contributed by atoms with Crippen molar-refractivity contribution in [1.82, 2.24) is 20.1 Å². The second-order valence-corrected chi connectivity index (χ2v) is 7.38. The summed E-state index contributed by atoms with van der Waals surface area (Å²) in [6.45, 7) is 6.84. The first kappa shape index (κ1) is 18.3. The molecule has 0 fully saturated rings. The summed E-state index contributed by atoms with van der Waals surface area (Å²) in [5, 5.41) is 12.1. The molecule has 0 spiro atoms. The number of aromatic nitrogens is 3. The van der Waals surface area contributed by atoms with Crippen molar-refractivity contribution in [2.45, 2.75) is 25.9 Å². The van der Waals surface area contributed by atoms with Crippen LogP contribution >= 0.6 is 11.8 Å². The van der Waals surface area contributed by atoms with Gasteiger partial charge in [-0.2, -0.15) is 0 Å². The van der Waals surface area contributed by atoms with E-state index in [0.717, 1.165) is 5.69 Å². The molecule has 136 valence electrons. The molecular formula is C19H22N4O2S. The van der Waals surface area contributed by atoms with Crippen LogP contribution in [-0.4, -0.2) is 33.0 Å². The van der Waals surface area contributed by atoms with Crippen LogP contribution in [0.1, 0.15) is 19.4 Å². The highest BCUT2D eigenvalue weighted by atomic mass is 32.2. The summed E-state index contributed by atoms with van der Waals surface area (Å²) in [6, 6.07) is 11.7. The summed E-state index contributed by atoms with van der Waals surface area (Å²) in [5.41, 5.74) is 2.10. The number of amides is 1. The smallest absolute Gasteiger partial charge is 0.230 e. The molecule has 0 saturated carbocycles. The van der Waals surface area contributed by atoms with Crippen molar-refractivity contribution >= 4 is 17.7 Å². The average Bonchev–Trinajstić information content (AvgIpc) is 3.28. The molecule has 6 nitrogen and oxygen atoms in total. The highest BCUT2D eigenvalue weighted by Gasteiger charge is 2.18. The van der Waals surface area contributed by atoms with Crippen LogP contribution in [-0.2, 0) is 4.79 Å². The summed E-state index contributed by atoms with van der Waals surface area (Å²) in [6.07, 6.45) is 1.61. The molecule has 0 aliphatic heterocycles. The minimum atomic E-state index is -0.0123. The van der Waals surface area contributed by atoms with Crippen molar-refractivity contribution in [2.24, 2.45) is 5.92 Å². The zero-order chi connectivity index (χ0) is 18.5. The zero-order valence-electron chi connectivity index (χ0n) is 15.1. The number of thioether (sulfide) groups is 1. The molecule has 0 radical (unpaired) electrons. The molecule has 2 aromatic heterocycles. The summed E-state index contributed by atoms with van der Waals surface area (Å²) in [5.74, 6) is 1.94. The number of furan rings is 1. The van der Waals surface area contributed by atoms with Crippen molar-refractivity contribution in [3.05, 3.63) is 48.2 Å². The van der Waals surface area contributed by atoms with E-state index >= 15 is 0 Å². The van der Waals surface area contributed by atoms with Crippen LogP contribution in [0.5, 0.6) is 0 Å². The predicted octanol–water partition coefficient (Wildman–Crippen LogP) is 3.70. The van der Waals surface area contributed by atoms with Crippen molar-refractivity contribution in [3.8, 4) is 17.3 Å². The van der Waals surface area contributed by atoms with Crippen LogP contribution < -0.4 is 5.32 Å². The number of carbonyl (C=O) groups is 1. The van der Waals surface area contributed by atoms with E-state index in [9.17, 15) is 4.79 Å². The van der Waals surface area contributed by atoms with E-state index in [4.69, 9.17) is 4.42 Å². The number of nitrogens with one attached hydrogen (secondary N) is 1. The molecule has 1 N–H and O–H groups in total. The van der Waals surface area contributed by atoms with Gasteiger partial charge in [0.2, 0.25) is 11.7 Å². The zero-order valence-corrected chi connectivity index (χ0v) is 15.9. The third-order valence-corrected chi connectivity index (χ3v) is 4.64. The highest BCUT2D eigenvalue weighted by molar-refractivity contribution is 7.99. The van der Waals surface area contributed by atoms with Gasteiger partial charge in [0.05, 0.1) is 12.0 Å². The molecule has 0 saturated heterocycles. The first-order valence-corrected chi connectivity index (χ1v) is 9.49. The lowest BCUT2D eigenvalue weighted by molar-refractivity contribution is -0.118. The Morgan fingerprint density at radius 1 is 1.23 bits per heavy atom. The topological polar surface area (TPSA) is 73.0 Å². The van der Waals surface area contributed by atoms with Gasteiger partial charge < -0.3 is 9.73 Å². The van der Waals surface area contributed by atoms with Gasteiger partial charge in [0, 0.05) is 12.2 Å². The number of benzene rings is 1. The molecule has 7 heteroatoms. The third-order valence-electron chi connectivity index (χ3n) is 3.71. The molecular weight excluding hydrogens is 348 g/mol. The highest BCUT2D eigenvalue weighted by Crippen LogP contribution is 2.28. The van der Waals surface area contributed by atoms with Crippen LogP contribution in [0.15, 0.2) is 52.2 Å². The van der Waals surface area contributed by atoms with E-state index in [-0.39, 0.29) is 11.7 Å². The van der Waals surface area contributed by atoms with Gasteiger partial charge in [0.1, 0.15) is 0 Å². The number of nitrogens with zero attached hydrogens (tertiary/aromatic N) is 3. The summed E-state index contributed by atoms with van der Waals surface area (Å²) in [4.78, 5) is 12.0. The van der Waals surface area contributed by atoms with E-state index in [1.807, 2.05) is 47.9 Å². The molecule has 0 aliphatic rings. The summed E-state index contributed by atoms with van der Waals surface area (Å²) < 4.78 is 7.41. The molecule has 3 rings (SSSR count). The maximum atomic E-state index is 12.0. The second kappa shape index (κ2) is 8.23. The van der Waals surface area contributed by atoms with Gasteiger partial charge in [-0.1, -0.05) is 43.3 Å². The first-order chi connectivity index (χ1) is 12.5. The Labute approximate surface area is 157 Å². The van der Waals surface area contributed by atoms with Crippen LogP contribution in [0.4, 0.5) is 0 Å². The van der Waals surface area contributed by atoms with Crippen LogP contribution in [0.2, 0.25) is 0 Å². The third kappa shape index (κ3) is 4.35. The Morgan fingerprint density at radius 3 is 2.65 bits per heavy atom. The molecule has 0 aliphatic carbocycles. The minimum Gasteiger partial charge on any atom is -0.461 e. The van der Waals surface area contributed by atoms with Crippen molar-refractivity contribution in [1.29, 1.82) is 0 Å². The van der Waals surface area contributed by atoms with Gasteiger partial charge in [0.15, 0.2) is 10.9 Å². The first-order valence-electron chi connectivity index (χ1n) is 8.50. The standard InChI is InChI=1S/C19H22N4O2S/c1-13(2)11-20-17(24)12-26-19-22-21-18(16-5-4-10-25-16)23(19)15-8-6-14(3)7-9-15/h4-10,13H,11-12H2,1-3H3,(H,20,24). The molecule has 1 amide bonds. The molecule has 1 aromatic carbocycles. The van der Waals surface area contributed by atoms with Gasteiger partial charge in [-0.05, 0) is 37.1 Å². The molecule has 3 aromatic rings. The van der Waals surface area contributed by atoms with Crippen LogP contribution in [0.25, 0.3) is 17.3 Å². The Hall–Kier alpha value is -2.54. The van der Waals surface area contributed by atoms with Gasteiger partial charge in [-0.15, -0.1) is 10.2 Å².